The molecule has 6 nitrogen and oxygen atoms in total. The van der Waals surface area contributed by atoms with Gasteiger partial charge in [-0.05, 0) is 81.3 Å². The average Bonchev–Trinajstić information content (AvgIpc) is 2.89. The molecule has 0 saturated carbocycles. The summed E-state index contributed by atoms with van der Waals surface area (Å²) in [7, 11) is 0. The van der Waals surface area contributed by atoms with Gasteiger partial charge in [0, 0.05) is 52.6 Å². The quantitative estimate of drug-likeness (QED) is 0.266. The van der Waals surface area contributed by atoms with E-state index >= 15 is 0 Å². The predicted octanol–water partition coefficient (Wildman–Crippen LogP) is 8.55. The number of carboxylic acid groups (broad SMARTS) is 1. The molecule has 0 spiro atoms. The van der Waals surface area contributed by atoms with Crippen molar-refractivity contribution in [3.63, 3.8) is 0 Å². The molecule has 220 valence electrons. The van der Waals surface area contributed by atoms with E-state index in [1.165, 1.54) is 0 Å². The number of aryl methyl sites for hydroxylation is 1. The van der Waals surface area contributed by atoms with Crippen LogP contribution in [0.5, 0.6) is 5.75 Å². The maximum absolute atomic E-state index is 12.6. The van der Waals surface area contributed by atoms with Gasteiger partial charge in [0.15, 0.2) is 6.10 Å². The Balaban J connectivity index is 1.68. The number of nitrogens with zero attached hydrogens (tertiary/aromatic N) is 2. The number of hydrogen-bond donors (Lipinski definition) is 1. The number of benzene rings is 2. The van der Waals surface area contributed by atoms with Crippen LogP contribution < -0.4 is 9.64 Å². The van der Waals surface area contributed by atoms with Crippen LogP contribution >= 0.6 is 23.2 Å². The van der Waals surface area contributed by atoms with E-state index in [-0.39, 0.29) is 5.41 Å². The maximum Gasteiger partial charge on any atom is 0.337 e. The van der Waals surface area contributed by atoms with E-state index in [2.05, 4.69) is 23.7 Å². The maximum atomic E-state index is 12.6. The molecule has 1 unspecified atom stereocenters. The van der Waals surface area contributed by atoms with Gasteiger partial charge in [-0.25, -0.2) is 4.79 Å². The molecule has 1 N–H and O–H groups in total. The Kier molecular flexibility index (Phi) is 9.57. The first-order valence-electron chi connectivity index (χ1n) is 14.1. The highest BCUT2D eigenvalue weighted by Gasteiger charge is 2.35. The van der Waals surface area contributed by atoms with Gasteiger partial charge in [-0.2, -0.15) is 0 Å². The molecule has 1 saturated heterocycles. The minimum Gasteiger partial charge on any atom is -0.493 e. The molecule has 1 atom stereocenters. The summed E-state index contributed by atoms with van der Waals surface area (Å²) in [5, 5.41) is 11.6. The van der Waals surface area contributed by atoms with Crippen LogP contribution in [0.1, 0.15) is 70.4 Å². The van der Waals surface area contributed by atoms with Crippen molar-refractivity contribution in [2.75, 3.05) is 24.6 Å². The number of aromatic nitrogens is 1. The van der Waals surface area contributed by atoms with E-state index in [0.717, 1.165) is 54.1 Å². The second-order valence-electron chi connectivity index (χ2n) is 12.4. The molecule has 2 aromatic carbocycles. The van der Waals surface area contributed by atoms with Crippen LogP contribution in [-0.2, 0) is 16.0 Å². The predicted molar refractivity (Wildman–Crippen MR) is 167 cm³/mol. The topological polar surface area (TPSA) is 71.9 Å². The molecule has 8 heteroatoms. The molecular formula is C33H40Cl2N2O4. The number of hydrogen-bond acceptors (Lipinski definition) is 5. The van der Waals surface area contributed by atoms with Gasteiger partial charge in [0.2, 0.25) is 0 Å². The summed E-state index contributed by atoms with van der Waals surface area (Å²) in [5.74, 6) is -0.305. The van der Waals surface area contributed by atoms with E-state index in [1.54, 1.807) is 0 Å². The molecule has 3 aromatic rings. The third kappa shape index (κ3) is 7.73. The number of aliphatic carboxylic acids is 1. The van der Waals surface area contributed by atoms with E-state index < -0.39 is 17.7 Å². The van der Waals surface area contributed by atoms with Crippen LogP contribution in [0.3, 0.4) is 0 Å². The van der Waals surface area contributed by atoms with Crippen molar-refractivity contribution in [3.05, 3.63) is 75.5 Å². The number of carbonyl (C=O) groups is 1. The second-order valence-corrected chi connectivity index (χ2v) is 13.3. The molecule has 0 bridgehead atoms. The molecule has 1 aliphatic rings. The smallest absolute Gasteiger partial charge is 0.337 e. The normalized spacial score (nSPS) is 16.0. The zero-order valence-electron chi connectivity index (χ0n) is 24.8. The number of halogens is 2. The summed E-state index contributed by atoms with van der Waals surface area (Å²) in [6, 6.07) is 13.3. The molecule has 1 fully saturated rings. The van der Waals surface area contributed by atoms with Crippen molar-refractivity contribution in [2.45, 2.75) is 72.5 Å². The van der Waals surface area contributed by atoms with Crippen molar-refractivity contribution in [1.29, 1.82) is 0 Å². The Bertz CT molecular complexity index is 1350. The van der Waals surface area contributed by atoms with Gasteiger partial charge in [-0.15, -0.1) is 0 Å². The first-order chi connectivity index (χ1) is 19.3. The summed E-state index contributed by atoms with van der Waals surface area (Å²) in [6.45, 7) is 14.1. The minimum absolute atomic E-state index is 0.236. The molecule has 0 radical (unpaired) electrons. The fourth-order valence-electron chi connectivity index (χ4n) is 5.17. The van der Waals surface area contributed by atoms with Gasteiger partial charge in [0.25, 0.3) is 0 Å². The second kappa shape index (κ2) is 12.6. The molecule has 41 heavy (non-hydrogen) atoms. The highest BCUT2D eigenvalue weighted by Crippen LogP contribution is 2.43. The minimum atomic E-state index is -1.15. The SMILES string of the molecule is Cc1ncc(-c2ccc(OCCc3c(Cl)cccc3Cl)cc2)c(N2CCC(C)(C)CC2)c1C(OC(C)(C)C)C(=O)O. The monoisotopic (exact) mass is 598 g/mol. The Morgan fingerprint density at radius 3 is 2.24 bits per heavy atom. The lowest BCUT2D eigenvalue weighted by atomic mass is 9.82. The highest BCUT2D eigenvalue weighted by molar-refractivity contribution is 6.36. The third-order valence-electron chi connectivity index (χ3n) is 7.53. The number of piperidine rings is 1. The van der Waals surface area contributed by atoms with Gasteiger partial charge in [0.05, 0.1) is 17.9 Å². The summed E-state index contributed by atoms with van der Waals surface area (Å²) in [5.41, 5.74) is 4.41. The van der Waals surface area contributed by atoms with Crippen molar-refractivity contribution in [2.24, 2.45) is 5.41 Å². The van der Waals surface area contributed by atoms with Crippen LogP contribution in [0.15, 0.2) is 48.7 Å². The van der Waals surface area contributed by atoms with E-state index in [4.69, 9.17) is 32.7 Å². The van der Waals surface area contributed by atoms with E-state index in [9.17, 15) is 9.90 Å². The summed E-state index contributed by atoms with van der Waals surface area (Å²) in [4.78, 5) is 19.6. The van der Waals surface area contributed by atoms with Gasteiger partial charge in [-0.3, -0.25) is 4.98 Å². The van der Waals surface area contributed by atoms with Crippen LogP contribution in [-0.4, -0.2) is 41.4 Å². The Morgan fingerprint density at radius 1 is 1.07 bits per heavy atom. The lowest BCUT2D eigenvalue weighted by Gasteiger charge is -2.41. The fraction of sp³-hybridized carbons (Fsp3) is 0.455. The number of rotatable bonds is 9. The molecular weight excluding hydrogens is 559 g/mol. The molecule has 1 aromatic heterocycles. The van der Waals surface area contributed by atoms with Crippen LogP contribution in [0.25, 0.3) is 11.1 Å². The highest BCUT2D eigenvalue weighted by atomic mass is 35.5. The Hall–Kier alpha value is -2.80. The fourth-order valence-corrected chi connectivity index (χ4v) is 5.76. The van der Waals surface area contributed by atoms with Crippen molar-refractivity contribution >= 4 is 34.9 Å². The number of pyridine rings is 1. The lowest BCUT2D eigenvalue weighted by Crippen LogP contribution is -2.39. The number of ether oxygens (including phenoxy) is 2. The molecule has 1 aliphatic heterocycles. The largest absolute Gasteiger partial charge is 0.493 e. The first kappa shape index (κ1) is 31.1. The molecule has 0 aliphatic carbocycles. The van der Waals surface area contributed by atoms with Gasteiger partial charge in [0.1, 0.15) is 5.75 Å². The summed E-state index contributed by atoms with van der Waals surface area (Å²) >= 11 is 12.6. The Labute approximate surface area is 253 Å². The number of anilines is 1. The van der Waals surface area contributed by atoms with Gasteiger partial charge < -0.3 is 19.5 Å². The van der Waals surface area contributed by atoms with Gasteiger partial charge in [-0.1, -0.05) is 55.2 Å². The summed E-state index contributed by atoms with van der Waals surface area (Å²) < 4.78 is 12.1. The zero-order valence-corrected chi connectivity index (χ0v) is 26.3. The van der Waals surface area contributed by atoms with E-state index in [0.29, 0.717) is 34.3 Å². The molecule has 4 rings (SSSR count). The van der Waals surface area contributed by atoms with Crippen molar-refractivity contribution in [3.8, 4) is 16.9 Å². The lowest BCUT2D eigenvalue weighted by molar-refractivity contribution is -0.160. The zero-order chi connectivity index (χ0) is 29.9. The Morgan fingerprint density at radius 2 is 1.68 bits per heavy atom. The molecule has 2 heterocycles. The standard InChI is InChI=1S/C33H40Cl2N2O4/c1-21-28(30(31(38)39)41-32(2,3)4)29(37-17-15-33(5,6)16-18-37)25(20-36-21)22-10-12-23(13-11-22)40-19-14-24-26(34)8-7-9-27(24)35/h7-13,20,30H,14-19H2,1-6H3,(H,38,39). The molecule has 0 amide bonds. The third-order valence-corrected chi connectivity index (χ3v) is 8.23. The summed E-state index contributed by atoms with van der Waals surface area (Å²) in [6.07, 6.45) is 3.30. The van der Waals surface area contributed by atoms with Crippen molar-refractivity contribution in [1.82, 2.24) is 4.98 Å². The van der Waals surface area contributed by atoms with Crippen LogP contribution in [0, 0.1) is 12.3 Å². The average molecular weight is 600 g/mol. The first-order valence-corrected chi connectivity index (χ1v) is 14.8. The van der Waals surface area contributed by atoms with Gasteiger partial charge >= 0.3 is 5.97 Å². The van der Waals surface area contributed by atoms with Crippen LogP contribution in [0.2, 0.25) is 10.0 Å². The number of carboxylic acids is 1. The van der Waals surface area contributed by atoms with Crippen LogP contribution in [0.4, 0.5) is 5.69 Å². The van der Waals surface area contributed by atoms with Crippen molar-refractivity contribution < 1.29 is 19.4 Å². The van der Waals surface area contributed by atoms with E-state index in [1.807, 2.05) is 76.4 Å².